The molecule has 0 bridgehead atoms. The molecule has 68 valence electrons. The van der Waals surface area contributed by atoms with E-state index in [-0.39, 0.29) is 12.3 Å². The van der Waals surface area contributed by atoms with Gasteiger partial charge in [0.15, 0.2) is 0 Å². The average Bonchev–Trinajstić information content (AvgIpc) is 2.55. The van der Waals surface area contributed by atoms with Gasteiger partial charge >= 0.3 is 0 Å². The molecule has 1 aromatic rings. The van der Waals surface area contributed by atoms with Crippen LogP contribution in [0.15, 0.2) is 16.7 Å². The summed E-state index contributed by atoms with van der Waals surface area (Å²) < 4.78 is 0. The van der Waals surface area contributed by atoms with Gasteiger partial charge in [-0.05, 0) is 10.6 Å². The van der Waals surface area contributed by atoms with Crippen molar-refractivity contribution in [3.63, 3.8) is 0 Å². The van der Waals surface area contributed by atoms with Crippen LogP contribution in [-0.2, 0) is 4.79 Å². The quantitative estimate of drug-likeness (QED) is 0.423. The lowest BCUT2D eigenvalue weighted by Gasteiger charge is -2.02. The maximum absolute atomic E-state index is 10.9. The van der Waals surface area contributed by atoms with Crippen LogP contribution in [0, 0.1) is 0 Å². The standard InChI is InChI=1S/C7H8N4OS/c1-5(4-6(12)10-11-8)7-9-2-3-13-7/h2-3,5H,4H2,1H3/t5-/m1/s1. The number of thiazole rings is 1. The topological polar surface area (TPSA) is 78.7 Å². The van der Waals surface area contributed by atoms with Gasteiger partial charge in [0.1, 0.15) is 0 Å². The molecule has 13 heavy (non-hydrogen) atoms. The fourth-order valence-electron chi connectivity index (χ4n) is 0.918. The summed E-state index contributed by atoms with van der Waals surface area (Å²) in [5, 5.41) is 5.73. The summed E-state index contributed by atoms with van der Waals surface area (Å²) in [7, 11) is 0. The second-order valence-corrected chi connectivity index (χ2v) is 3.48. The molecule has 1 amide bonds. The smallest absolute Gasteiger partial charge is 0.219 e. The zero-order valence-electron chi connectivity index (χ0n) is 7.04. The Bertz CT molecular complexity index is 328. The zero-order valence-corrected chi connectivity index (χ0v) is 7.86. The van der Waals surface area contributed by atoms with Crippen molar-refractivity contribution >= 4 is 17.2 Å². The summed E-state index contributed by atoms with van der Waals surface area (Å²) in [6.45, 7) is 1.88. The van der Waals surface area contributed by atoms with Crippen LogP contribution >= 0.6 is 11.3 Å². The van der Waals surface area contributed by atoms with Crippen LogP contribution < -0.4 is 0 Å². The molecule has 0 spiro atoms. The van der Waals surface area contributed by atoms with E-state index in [9.17, 15) is 4.79 Å². The van der Waals surface area contributed by atoms with E-state index in [0.717, 1.165) is 5.01 Å². The van der Waals surface area contributed by atoms with Gasteiger partial charge in [0.25, 0.3) is 0 Å². The first-order valence-corrected chi connectivity index (χ1v) is 4.59. The van der Waals surface area contributed by atoms with Crippen LogP contribution in [0.2, 0.25) is 0 Å². The third-order valence-electron chi connectivity index (χ3n) is 1.51. The molecule has 1 heterocycles. The second kappa shape index (κ2) is 4.59. The predicted molar refractivity (Wildman–Crippen MR) is 49.3 cm³/mol. The monoisotopic (exact) mass is 196 g/mol. The van der Waals surface area contributed by atoms with Gasteiger partial charge in [0.2, 0.25) is 5.91 Å². The molecule has 0 radical (unpaired) electrons. The van der Waals surface area contributed by atoms with E-state index < -0.39 is 5.91 Å². The molecule has 0 saturated heterocycles. The number of carbonyl (C=O) groups is 1. The number of azide groups is 1. The second-order valence-electron chi connectivity index (χ2n) is 2.56. The number of carbonyl (C=O) groups excluding carboxylic acids is 1. The number of hydrogen-bond donors (Lipinski definition) is 0. The molecule has 0 saturated carbocycles. The van der Waals surface area contributed by atoms with Crippen LogP contribution in [0.5, 0.6) is 0 Å². The third kappa shape index (κ3) is 2.85. The van der Waals surface area contributed by atoms with Gasteiger partial charge in [-0.1, -0.05) is 6.92 Å². The first-order chi connectivity index (χ1) is 6.24. The van der Waals surface area contributed by atoms with E-state index in [2.05, 4.69) is 15.0 Å². The molecule has 0 aliphatic heterocycles. The SMILES string of the molecule is C[C@H](CC(=O)N=[N+]=[N-])c1nccs1. The minimum atomic E-state index is -0.440. The van der Waals surface area contributed by atoms with E-state index in [0.29, 0.717) is 0 Å². The van der Waals surface area contributed by atoms with Crippen molar-refractivity contribution in [2.75, 3.05) is 0 Å². The van der Waals surface area contributed by atoms with Crippen molar-refractivity contribution in [1.82, 2.24) is 4.98 Å². The molecular weight excluding hydrogens is 188 g/mol. The maximum Gasteiger partial charge on any atom is 0.219 e. The van der Waals surface area contributed by atoms with Crippen LogP contribution in [0.25, 0.3) is 10.4 Å². The Hall–Kier alpha value is -1.39. The molecule has 1 rings (SSSR count). The average molecular weight is 196 g/mol. The number of nitrogens with zero attached hydrogens (tertiary/aromatic N) is 4. The highest BCUT2D eigenvalue weighted by Gasteiger charge is 2.11. The summed E-state index contributed by atoms with van der Waals surface area (Å²) in [6.07, 6.45) is 1.91. The third-order valence-corrected chi connectivity index (χ3v) is 2.52. The van der Waals surface area contributed by atoms with E-state index in [1.807, 2.05) is 12.3 Å². The molecule has 0 aliphatic rings. The van der Waals surface area contributed by atoms with Gasteiger partial charge in [-0.2, -0.15) is 0 Å². The molecule has 5 nitrogen and oxygen atoms in total. The van der Waals surface area contributed by atoms with E-state index in [1.54, 1.807) is 6.20 Å². The van der Waals surface area contributed by atoms with Crippen molar-refractivity contribution in [3.8, 4) is 0 Å². The lowest BCUT2D eigenvalue weighted by atomic mass is 10.1. The lowest BCUT2D eigenvalue weighted by Crippen LogP contribution is -2.00. The van der Waals surface area contributed by atoms with Crippen molar-refractivity contribution in [3.05, 3.63) is 27.0 Å². The van der Waals surface area contributed by atoms with Gasteiger partial charge in [-0.25, -0.2) is 4.98 Å². The summed E-state index contributed by atoms with van der Waals surface area (Å²) in [6, 6.07) is 0. The first kappa shape index (κ1) is 9.70. The van der Waals surface area contributed by atoms with Crippen molar-refractivity contribution in [2.45, 2.75) is 19.3 Å². The van der Waals surface area contributed by atoms with Crippen LogP contribution in [0.4, 0.5) is 0 Å². The molecule has 0 unspecified atom stereocenters. The van der Waals surface area contributed by atoms with Gasteiger partial charge in [-0.15, -0.1) is 11.3 Å². The highest BCUT2D eigenvalue weighted by atomic mass is 32.1. The minimum absolute atomic E-state index is 0.0259. The number of amides is 1. The van der Waals surface area contributed by atoms with Crippen molar-refractivity contribution in [2.24, 2.45) is 5.11 Å². The van der Waals surface area contributed by atoms with Gasteiger partial charge in [0, 0.05) is 28.8 Å². The first-order valence-electron chi connectivity index (χ1n) is 3.71. The molecule has 1 atom stereocenters. The largest absolute Gasteiger partial charge is 0.293 e. The Kier molecular flexibility index (Phi) is 3.42. The van der Waals surface area contributed by atoms with Crippen LogP contribution in [-0.4, -0.2) is 10.9 Å². The van der Waals surface area contributed by atoms with Crippen LogP contribution in [0.3, 0.4) is 0 Å². The molecular formula is C7H8N4OS. The highest BCUT2D eigenvalue weighted by molar-refractivity contribution is 7.09. The van der Waals surface area contributed by atoms with Gasteiger partial charge in [-0.3, -0.25) is 4.79 Å². The predicted octanol–water partition coefficient (Wildman–Crippen LogP) is 2.47. The normalized spacial score (nSPS) is 11.8. The van der Waals surface area contributed by atoms with Gasteiger partial charge < -0.3 is 0 Å². The van der Waals surface area contributed by atoms with Crippen LogP contribution in [0.1, 0.15) is 24.3 Å². The summed E-state index contributed by atoms with van der Waals surface area (Å²) in [5.74, 6) is -0.414. The number of aromatic nitrogens is 1. The fourth-order valence-corrected chi connectivity index (χ4v) is 1.62. The Morgan fingerprint density at radius 1 is 1.92 bits per heavy atom. The van der Waals surface area contributed by atoms with Crippen molar-refractivity contribution < 1.29 is 4.79 Å². The van der Waals surface area contributed by atoms with E-state index in [1.165, 1.54) is 11.3 Å². The minimum Gasteiger partial charge on any atom is -0.293 e. The Labute approximate surface area is 79.0 Å². The summed E-state index contributed by atoms with van der Waals surface area (Å²) in [4.78, 5) is 17.4. The fraction of sp³-hybridized carbons (Fsp3) is 0.429. The van der Waals surface area contributed by atoms with Gasteiger partial charge in [0.05, 0.1) is 5.01 Å². The molecule has 6 heteroatoms. The molecule has 0 aliphatic carbocycles. The Morgan fingerprint density at radius 3 is 3.23 bits per heavy atom. The Balaban J connectivity index is 2.56. The molecule has 1 aromatic heterocycles. The van der Waals surface area contributed by atoms with E-state index >= 15 is 0 Å². The summed E-state index contributed by atoms with van der Waals surface area (Å²) in [5.41, 5.74) is 8.00. The highest BCUT2D eigenvalue weighted by Crippen LogP contribution is 2.21. The molecule has 0 aromatic carbocycles. The maximum atomic E-state index is 10.9. The zero-order chi connectivity index (χ0) is 9.68. The number of hydrogen-bond acceptors (Lipinski definition) is 3. The number of rotatable bonds is 3. The summed E-state index contributed by atoms with van der Waals surface area (Å²) >= 11 is 1.49. The lowest BCUT2D eigenvalue weighted by molar-refractivity contribution is -0.118. The van der Waals surface area contributed by atoms with E-state index in [4.69, 9.17) is 5.53 Å². The Morgan fingerprint density at radius 2 is 2.69 bits per heavy atom. The molecule has 0 N–H and O–H groups in total. The van der Waals surface area contributed by atoms with Crippen molar-refractivity contribution in [1.29, 1.82) is 0 Å². The molecule has 0 fully saturated rings.